The molecule has 0 aromatic carbocycles. The highest BCUT2D eigenvalue weighted by Gasteiger charge is 2.45. The Hall–Kier alpha value is -1.26. The van der Waals surface area contributed by atoms with E-state index in [1.165, 1.54) is 0 Å². The topological polar surface area (TPSA) is 78.4 Å². The summed E-state index contributed by atoms with van der Waals surface area (Å²) >= 11 is 0. The molecule has 20 heavy (non-hydrogen) atoms. The molecule has 0 heterocycles. The lowest BCUT2D eigenvalue weighted by Crippen LogP contribution is -2.43. The zero-order valence-corrected chi connectivity index (χ0v) is 13.0. The van der Waals surface area contributed by atoms with Crippen LogP contribution in [0, 0.1) is 23.2 Å². The average molecular weight is 284 g/mol. The van der Waals surface area contributed by atoms with E-state index in [4.69, 9.17) is 5.11 Å². The molecule has 2 amide bonds. The number of hydrogen-bond acceptors (Lipinski definition) is 2. The van der Waals surface area contributed by atoms with Crippen LogP contribution < -0.4 is 10.6 Å². The lowest BCUT2D eigenvalue weighted by atomic mass is 9.92. The SMILES string of the molecule is CC(C)CC(CNC(=O)NCC1(C(C)C)CC1)C(=O)O. The summed E-state index contributed by atoms with van der Waals surface area (Å²) < 4.78 is 0. The second-order valence-corrected chi connectivity index (χ2v) is 6.75. The highest BCUT2D eigenvalue weighted by molar-refractivity contribution is 5.75. The largest absolute Gasteiger partial charge is 0.481 e. The fraction of sp³-hybridized carbons (Fsp3) is 0.867. The number of urea groups is 1. The minimum atomic E-state index is -0.847. The average Bonchev–Trinajstić information content (AvgIpc) is 3.12. The van der Waals surface area contributed by atoms with Crippen molar-refractivity contribution >= 4 is 12.0 Å². The molecule has 1 fully saturated rings. The van der Waals surface area contributed by atoms with Crippen molar-refractivity contribution in [1.82, 2.24) is 10.6 Å². The van der Waals surface area contributed by atoms with Crippen LogP contribution in [0.1, 0.15) is 47.0 Å². The summed E-state index contributed by atoms with van der Waals surface area (Å²) in [5.41, 5.74) is 0.265. The summed E-state index contributed by atoms with van der Waals surface area (Å²) in [5.74, 6) is -0.493. The minimum absolute atomic E-state index is 0.189. The van der Waals surface area contributed by atoms with Crippen molar-refractivity contribution in [3.05, 3.63) is 0 Å². The highest BCUT2D eigenvalue weighted by Crippen LogP contribution is 2.51. The fourth-order valence-corrected chi connectivity index (χ4v) is 2.49. The van der Waals surface area contributed by atoms with Gasteiger partial charge in [-0.05, 0) is 36.5 Å². The number of carbonyl (C=O) groups excluding carboxylic acids is 1. The van der Waals surface area contributed by atoms with E-state index in [9.17, 15) is 9.59 Å². The molecule has 0 spiro atoms. The first kappa shape index (κ1) is 16.8. The van der Waals surface area contributed by atoms with Crippen LogP contribution >= 0.6 is 0 Å². The molecule has 116 valence electrons. The molecule has 3 N–H and O–H groups in total. The first-order valence-electron chi connectivity index (χ1n) is 7.51. The van der Waals surface area contributed by atoms with Gasteiger partial charge in [0.1, 0.15) is 0 Å². The Morgan fingerprint density at radius 3 is 2.15 bits per heavy atom. The van der Waals surface area contributed by atoms with Crippen LogP contribution in [-0.2, 0) is 4.79 Å². The van der Waals surface area contributed by atoms with Gasteiger partial charge in [-0.25, -0.2) is 4.79 Å². The van der Waals surface area contributed by atoms with Crippen molar-refractivity contribution < 1.29 is 14.7 Å². The van der Waals surface area contributed by atoms with E-state index >= 15 is 0 Å². The van der Waals surface area contributed by atoms with Gasteiger partial charge in [0, 0.05) is 13.1 Å². The quantitative estimate of drug-likeness (QED) is 0.640. The molecule has 1 rings (SSSR count). The van der Waals surface area contributed by atoms with Crippen molar-refractivity contribution in [2.75, 3.05) is 13.1 Å². The number of nitrogens with one attached hydrogen (secondary N) is 2. The van der Waals surface area contributed by atoms with Crippen LogP contribution in [-0.4, -0.2) is 30.2 Å². The van der Waals surface area contributed by atoms with Gasteiger partial charge < -0.3 is 15.7 Å². The van der Waals surface area contributed by atoms with Gasteiger partial charge in [0.2, 0.25) is 0 Å². The molecule has 0 bridgehead atoms. The summed E-state index contributed by atoms with van der Waals surface area (Å²) in [7, 11) is 0. The molecule has 1 aliphatic rings. The van der Waals surface area contributed by atoms with E-state index in [1.54, 1.807) is 0 Å². The summed E-state index contributed by atoms with van der Waals surface area (Å²) in [6.45, 7) is 9.18. The van der Waals surface area contributed by atoms with Crippen molar-refractivity contribution in [3.63, 3.8) is 0 Å². The van der Waals surface area contributed by atoms with Gasteiger partial charge in [-0.3, -0.25) is 4.79 Å². The maximum atomic E-state index is 11.7. The normalized spacial score (nSPS) is 17.9. The maximum Gasteiger partial charge on any atom is 0.314 e. The second-order valence-electron chi connectivity index (χ2n) is 6.75. The maximum absolute atomic E-state index is 11.7. The highest BCUT2D eigenvalue weighted by atomic mass is 16.4. The smallest absolute Gasteiger partial charge is 0.314 e. The lowest BCUT2D eigenvalue weighted by molar-refractivity contribution is -0.142. The van der Waals surface area contributed by atoms with E-state index in [-0.39, 0.29) is 18.0 Å². The summed E-state index contributed by atoms with van der Waals surface area (Å²) in [4.78, 5) is 22.8. The minimum Gasteiger partial charge on any atom is -0.481 e. The molecule has 1 atom stereocenters. The second kappa shape index (κ2) is 6.95. The van der Waals surface area contributed by atoms with Gasteiger partial charge in [-0.1, -0.05) is 27.7 Å². The molecule has 1 aliphatic carbocycles. The van der Waals surface area contributed by atoms with Gasteiger partial charge >= 0.3 is 12.0 Å². The van der Waals surface area contributed by atoms with Crippen molar-refractivity contribution in [2.24, 2.45) is 23.2 Å². The molecule has 0 aromatic rings. The van der Waals surface area contributed by atoms with Crippen molar-refractivity contribution in [1.29, 1.82) is 0 Å². The molecule has 0 radical (unpaired) electrons. The third-order valence-corrected chi connectivity index (χ3v) is 4.33. The zero-order valence-electron chi connectivity index (χ0n) is 13.0. The van der Waals surface area contributed by atoms with Gasteiger partial charge in [0.15, 0.2) is 0 Å². The molecule has 0 aliphatic heterocycles. The number of carboxylic acids is 1. The standard InChI is InChI=1S/C15H28N2O3/c1-10(2)7-12(13(18)19)8-16-14(20)17-9-15(5-6-15)11(3)4/h10-12H,5-9H2,1-4H3,(H,18,19)(H2,16,17,20). The molecule has 5 nitrogen and oxygen atoms in total. The Bertz CT molecular complexity index is 349. The summed E-state index contributed by atoms with van der Waals surface area (Å²) in [6, 6.07) is -0.257. The molecular weight excluding hydrogens is 256 g/mol. The van der Waals surface area contributed by atoms with Gasteiger partial charge in [0.05, 0.1) is 5.92 Å². The fourth-order valence-electron chi connectivity index (χ4n) is 2.49. The Balaban J connectivity index is 2.29. The van der Waals surface area contributed by atoms with Crippen LogP contribution in [0.3, 0.4) is 0 Å². The third-order valence-electron chi connectivity index (χ3n) is 4.33. The number of hydrogen-bond donors (Lipinski definition) is 3. The zero-order chi connectivity index (χ0) is 15.3. The number of carboxylic acid groups (broad SMARTS) is 1. The van der Waals surface area contributed by atoms with E-state index in [1.807, 2.05) is 13.8 Å². The van der Waals surface area contributed by atoms with Gasteiger partial charge in [-0.15, -0.1) is 0 Å². The molecule has 0 saturated heterocycles. The molecule has 1 unspecified atom stereocenters. The Morgan fingerprint density at radius 1 is 1.15 bits per heavy atom. The predicted octanol–water partition coefficient (Wildman–Crippen LogP) is 2.47. The Labute approximate surface area is 121 Å². The Kier molecular flexibility index (Phi) is 5.84. The number of carbonyl (C=O) groups is 2. The first-order chi connectivity index (χ1) is 9.27. The Morgan fingerprint density at radius 2 is 1.75 bits per heavy atom. The van der Waals surface area contributed by atoms with Crippen LogP contribution in [0.5, 0.6) is 0 Å². The molecule has 0 aromatic heterocycles. The summed E-state index contributed by atoms with van der Waals surface area (Å²) in [5, 5.41) is 14.7. The van der Waals surface area contributed by atoms with E-state index in [0.29, 0.717) is 24.8 Å². The monoisotopic (exact) mass is 284 g/mol. The number of aliphatic carboxylic acids is 1. The van der Waals surface area contributed by atoms with Crippen LogP contribution in [0.15, 0.2) is 0 Å². The summed E-state index contributed by atoms with van der Waals surface area (Å²) in [6.07, 6.45) is 2.90. The molecular formula is C15H28N2O3. The van der Waals surface area contributed by atoms with Crippen molar-refractivity contribution in [3.8, 4) is 0 Å². The van der Waals surface area contributed by atoms with Crippen LogP contribution in [0.4, 0.5) is 4.79 Å². The number of rotatable bonds is 8. The van der Waals surface area contributed by atoms with Gasteiger partial charge in [0.25, 0.3) is 0 Å². The number of amides is 2. The lowest BCUT2D eigenvalue weighted by Gasteiger charge is -2.21. The van der Waals surface area contributed by atoms with E-state index in [2.05, 4.69) is 24.5 Å². The first-order valence-corrected chi connectivity index (χ1v) is 7.51. The molecule has 5 heteroatoms. The van der Waals surface area contributed by atoms with Crippen LogP contribution in [0.2, 0.25) is 0 Å². The van der Waals surface area contributed by atoms with E-state index < -0.39 is 11.9 Å². The van der Waals surface area contributed by atoms with Crippen molar-refractivity contribution in [2.45, 2.75) is 47.0 Å². The third kappa shape index (κ3) is 5.02. The predicted molar refractivity (Wildman–Crippen MR) is 78.5 cm³/mol. The van der Waals surface area contributed by atoms with Gasteiger partial charge in [-0.2, -0.15) is 0 Å². The van der Waals surface area contributed by atoms with E-state index in [0.717, 1.165) is 12.8 Å². The van der Waals surface area contributed by atoms with Crippen LogP contribution in [0.25, 0.3) is 0 Å². The molecule has 1 saturated carbocycles.